The molecule has 0 unspecified atom stereocenters. The summed E-state index contributed by atoms with van der Waals surface area (Å²) in [5, 5.41) is 2.32. The smallest absolute Gasteiger partial charge is 0.338 e. The molecule has 3 aromatic rings. The summed E-state index contributed by atoms with van der Waals surface area (Å²) in [4.78, 5) is 34.0. The molecule has 26 heavy (non-hydrogen) atoms. The molecule has 3 rings (SSSR count). The van der Waals surface area contributed by atoms with Gasteiger partial charge in [-0.25, -0.2) is 9.78 Å². The van der Waals surface area contributed by atoms with Crippen molar-refractivity contribution in [2.45, 2.75) is 20.5 Å². The fraction of sp³-hybridized carbons (Fsp3) is 0.158. The molecule has 2 heterocycles. The Balaban J connectivity index is 1.73. The zero-order chi connectivity index (χ0) is 18.5. The van der Waals surface area contributed by atoms with Gasteiger partial charge in [-0.3, -0.25) is 14.7 Å². The number of thiazole rings is 1. The van der Waals surface area contributed by atoms with E-state index in [4.69, 9.17) is 4.74 Å². The van der Waals surface area contributed by atoms with E-state index in [9.17, 15) is 9.59 Å². The van der Waals surface area contributed by atoms with E-state index in [1.54, 1.807) is 22.4 Å². The summed E-state index contributed by atoms with van der Waals surface area (Å²) in [5.74, 6) is -0.575. The first-order chi connectivity index (χ1) is 12.5. The van der Waals surface area contributed by atoms with Crippen molar-refractivity contribution in [2.24, 2.45) is 0 Å². The number of aryl methyl sites for hydroxylation is 1. The van der Waals surface area contributed by atoms with Crippen LogP contribution in [0.2, 0.25) is 0 Å². The Hall–Kier alpha value is -3.06. The molecule has 0 bridgehead atoms. The van der Waals surface area contributed by atoms with Crippen LogP contribution in [0.4, 0.5) is 10.8 Å². The minimum absolute atomic E-state index is 0.0389. The zero-order valence-corrected chi connectivity index (χ0v) is 15.2. The standard InChI is InChI=1S/C19H17N3O3S/c1-13-4-3-5-17(10-13)22(14(2)23)19-21-16(12-26-19)11-25-18(24)15-6-8-20-9-7-15/h3-10,12H,11H2,1-2H3. The van der Waals surface area contributed by atoms with Crippen molar-refractivity contribution < 1.29 is 14.3 Å². The van der Waals surface area contributed by atoms with Gasteiger partial charge in [0, 0.05) is 24.7 Å². The van der Waals surface area contributed by atoms with Gasteiger partial charge in [-0.2, -0.15) is 0 Å². The monoisotopic (exact) mass is 367 g/mol. The van der Waals surface area contributed by atoms with Gasteiger partial charge >= 0.3 is 5.97 Å². The number of carbonyl (C=O) groups excluding carboxylic acids is 2. The van der Waals surface area contributed by atoms with Crippen LogP contribution in [0.3, 0.4) is 0 Å². The fourth-order valence-corrected chi connectivity index (χ4v) is 3.24. The molecule has 0 saturated carbocycles. The number of amides is 1. The number of carbonyl (C=O) groups is 2. The van der Waals surface area contributed by atoms with Crippen molar-refractivity contribution in [3.8, 4) is 0 Å². The predicted octanol–water partition coefficient (Wildman–Crippen LogP) is 3.89. The third kappa shape index (κ3) is 4.12. The Morgan fingerprint density at radius 2 is 1.96 bits per heavy atom. The number of aromatic nitrogens is 2. The molecule has 132 valence electrons. The fourth-order valence-electron chi connectivity index (χ4n) is 2.37. The van der Waals surface area contributed by atoms with Crippen molar-refractivity contribution in [1.29, 1.82) is 0 Å². The molecule has 0 spiro atoms. The van der Waals surface area contributed by atoms with Crippen LogP contribution >= 0.6 is 11.3 Å². The number of esters is 1. The van der Waals surface area contributed by atoms with E-state index in [2.05, 4.69) is 9.97 Å². The highest BCUT2D eigenvalue weighted by Gasteiger charge is 2.18. The largest absolute Gasteiger partial charge is 0.456 e. The second-order valence-electron chi connectivity index (χ2n) is 5.63. The van der Waals surface area contributed by atoms with E-state index in [-0.39, 0.29) is 12.5 Å². The van der Waals surface area contributed by atoms with Gasteiger partial charge in [0.15, 0.2) is 5.13 Å². The summed E-state index contributed by atoms with van der Waals surface area (Å²) in [6, 6.07) is 10.8. The maximum atomic E-state index is 12.1. The van der Waals surface area contributed by atoms with Gasteiger partial charge in [-0.15, -0.1) is 11.3 Å². The topological polar surface area (TPSA) is 72.4 Å². The number of anilines is 2. The Morgan fingerprint density at radius 1 is 1.19 bits per heavy atom. The Labute approximate surface area is 155 Å². The first-order valence-electron chi connectivity index (χ1n) is 7.93. The van der Waals surface area contributed by atoms with Gasteiger partial charge in [-0.05, 0) is 36.8 Å². The van der Waals surface area contributed by atoms with Crippen LogP contribution in [0, 0.1) is 6.92 Å². The van der Waals surface area contributed by atoms with E-state index >= 15 is 0 Å². The third-order valence-corrected chi connectivity index (χ3v) is 4.45. The van der Waals surface area contributed by atoms with Crippen LogP contribution in [-0.2, 0) is 16.1 Å². The van der Waals surface area contributed by atoms with Crippen molar-refractivity contribution in [3.63, 3.8) is 0 Å². The first kappa shape index (κ1) is 17.8. The van der Waals surface area contributed by atoms with Crippen molar-refractivity contribution in [2.75, 3.05) is 4.90 Å². The lowest BCUT2D eigenvalue weighted by molar-refractivity contribution is -0.115. The molecule has 7 heteroatoms. The highest BCUT2D eigenvalue weighted by Crippen LogP contribution is 2.29. The van der Waals surface area contributed by atoms with Gasteiger partial charge in [0.1, 0.15) is 6.61 Å². The summed E-state index contributed by atoms with van der Waals surface area (Å²) in [6.07, 6.45) is 3.06. The molecule has 0 radical (unpaired) electrons. The van der Waals surface area contributed by atoms with Crippen LogP contribution in [0.5, 0.6) is 0 Å². The SMILES string of the molecule is CC(=O)N(c1cccc(C)c1)c1nc(COC(=O)c2ccncc2)cs1. The van der Waals surface area contributed by atoms with E-state index in [0.29, 0.717) is 16.4 Å². The summed E-state index contributed by atoms with van der Waals surface area (Å²) in [7, 11) is 0. The highest BCUT2D eigenvalue weighted by atomic mass is 32.1. The molecule has 0 N–H and O–H groups in total. The highest BCUT2D eigenvalue weighted by molar-refractivity contribution is 7.14. The number of hydrogen-bond acceptors (Lipinski definition) is 6. The van der Waals surface area contributed by atoms with Gasteiger partial charge in [0.05, 0.1) is 16.9 Å². The molecule has 0 fully saturated rings. The summed E-state index contributed by atoms with van der Waals surface area (Å²) < 4.78 is 5.27. The van der Waals surface area contributed by atoms with Gasteiger partial charge in [-0.1, -0.05) is 12.1 Å². The quantitative estimate of drug-likeness (QED) is 0.640. The van der Waals surface area contributed by atoms with Gasteiger partial charge in [0.2, 0.25) is 5.91 Å². The van der Waals surface area contributed by atoms with E-state index in [1.165, 1.54) is 30.7 Å². The lowest BCUT2D eigenvalue weighted by Gasteiger charge is -2.18. The molecular weight excluding hydrogens is 350 g/mol. The molecule has 6 nitrogen and oxygen atoms in total. The minimum Gasteiger partial charge on any atom is -0.456 e. The normalized spacial score (nSPS) is 10.4. The van der Waals surface area contributed by atoms with E-state index in [0.717, 1.165) is 11.3 Å². The van der Waals surface area contributed by atoms with Crippen molar-refractivity contribution in [3.05, 3.63) is 71.0 Å². The number of hydrogen-bond donors (Lipinski definition) is 0. The molecule has 0 aliphatic carbocycles. The summed E-state index contributed by atoms with van der Waals surface area (Å²) >= 11 is 1.33. The second kappa shape index (κ2) is 7.88. The minimum atomic E-state index is -0.441. The lowest BCUT2D eigenvalue weighted by atomic mass is 10.2. The van der Waals surface area contributed by atoms with Gasteiger partial charge in [0.25, 0.3) is 0 Å². The Kier molecular flexibility index (Phi) is 5.38. The second-order valence-corrected chi connectivity index (χ2v) is 6.46. The molecule has 0 aliphatic rings. The summed E-state index contributed by atoms with van der Waals surface area (Å²) in [6.45, 7) is 3.50. The molecule has 0 atom stereocenters. The average Bonchev–Trinajstić information content (AvgIpc) is 3.09. The number of rotatable bonds is 5. The molecule has 1 aromatic carbocycles. The van der Waals surface area contributed by atoms with Crippen LogP contribution in [-0.4, -0.2) is 21.8 Å². The van der Waals surface area contributed by atoms with Crippen LogP contribution in [0.15, 0.2) is 54.2 Å². The van der Waals surface area contributed by atoms with E-state index in [1.807, 2.05) is 31.2 Å². The Morgan fingerprint density at radius 3 is 2.65 bits per heavy atom. The van der Waals surface area contributed by atoms with Crippen LogP contribution in [0.1, 0.15) is 28.5 Å². The number of ether oxygens (including phenoxy) is 1. The van der Waals surface area contributed by atoms with Crippen LogP contribution < -0.4 is 4.90 Å². The van der Waals surface area contributed by atoms with E-state index < -0.39 is 5.97 Å². The average molecular weight is 367 g/mol. The first-order valence-corrected chi connectivity index (χ1v) is 8.81. The zero-order valence-electron chi connectivity index (χ0n) is 14.4. The number of nitrogens with zero attached hydrogens (tertiary/aromatic N) is 3. The van der Waals surface area contributed by atoms with Gasteiger partial charge < -0.3 is 4.74 Å². The Bertz CT molecular complexity index is 925. The molecular formula is C19H17N3O3S. The number of benzene rings is 1. The lowest BCUT2D eigenvalue weighted by Crippen LogP contribution is -2.22. The molecule has 0 aliphatic heterocycles. The molecule has 0 saturated heterocycles. The van der Waals surface area contributed by atoms with Crippen LogP contribution in [0.25, 0.3) is 0 Å². The molecule has 1 amide bonds. The van der Waals surface area contributed by atoms with Crippen molar-refractivity contribution in [1.82, 2.24) is 9.97 Å². The van der Waals surface area contributed by atoms with Crippen molar-refractivity contribution >= 4 is 34.0 Å². The maximum absolute atomic E-state index is 12.1. The summed E-state index contributed by atoms with van der Waals surface area (Å²) in [5.41, 5.74) is 2.83. The third-order valence-electron chi connectivity index (χ3n) is 3.57. The number of pyridine rings is 1. The predicted molar refractivity (Wildman–Crippen MR) is 99.5 cm³/mol. The molecule has 2 aromatic heterocycles. The maximum Gasteiger partial charge on any atom is 0.338 e.